The topological polar surface area (TPSA) is 81.8 Å². The Balaban J connectivity index is 2.10. The average Bonchev–Trinajstić information content (AvgIpc) is 3.05. The first-order valence-electron chi connectivity index (χ1n) is 8.20. The lowest BCUT2D eigenvalue weighted by Crippen LogP contribution is -1.99. The summed E-state index contributed by atoms with van der Waals surface area (Å²) < 4.78 is 16.8. The predicted molar refractivity (Wildman–Crippen MR) is 98.3 cm³/mol. The van der Waals surface area contributed by atoms with Crippen LogP contribution < -0.4 is 9.47 Å². The Morgan fingerprint density at radius 3 is 2.73 bits per heavy atom. The molecule has 0 aliphatic rings. The van der Waals surface area contributed by atoms with Crippen LogP contribution >= 0.6 is 0 Å². The van der Waals surface area contributed by atoms with Crippen LogP contribution in [-0.2, 0) is 4.79 Å². The van der Waals surface area contributed by atoms with E-state index in [4.69, 9.17) is 13.9 Å². The van der Waals surface area contributed by atoms with E-state index in [2.05, 4.69) is 4.98 Å². The van der Waals surface area contributed by atoms with Crippen LogP contribution in [0.2, 0.25) is 0 Å². The minimum absolute atomic E-state index is 0.227. The Hall–Kier alpha value is -3.28. The molecule has 0 saturated carbocycles. The van der Waals surface area contributed by atoms with E-state index in [0.29, 0.717) is 40.3 Å². The number of methoxy groups -OCH3 is 1. The number of carboxylic acid groups (broad SMARTS) is 1. The van der Waals surface area contributed by atoms with E-state index in [1.165, 1.54) is 0 Å². The van der Waals surface area contributed by atoms with Crippen molar-refractivity contribution in [2.45, 2.75) is 13.3 Å². The van der Waals surface area contributed by atoms with Crippen LogP contribution in [0.15, 0.2) is 46.9 Å². The lowest BCUT2D eigenvalue weighted by atomic mass is 10.1. The second-order valence-corrected chi connectivity index (χ2v) is 5.54. The largest absolute Gasteiger partial charge is 0.492 e. The highest BCUT2D eigenvalue weighted by atomic mass is 16.5. The van der Waals surface area contributed by atoms with Crippen molar-refractivity contribution >= 4 is 28.7 Å². The van der Waals surface area contributed by atoms with Gasteiger partial charge in [0.15, 0.2) is 17.1 Å². The number of hydrogen-bond acceptors (Lipinski definition) is 5. The molecule has 0 amide bonds. The molecule has 6 heteroatoms. The number of carbonyl (C=O) groups is 1. The molecule has 2 aromatic carbocycles. The number of aliphatic carboxylic acids is 1. The van der Waals surface area contributed by atoms with Crippen molar-refractivity contribution in [2.24, 2.45) is 0 Å². The van der Waals surface area contributed by atoms with Gasteiger partial charge in [-0.25, -0.2) is 4.98 Å². The van der Waals surface area contributed by atoms with Crippen LogP contribution in [0.5, 0.6) is 11.5 Å². The number of aromatic nitrogens is 1. The van der Waals surface area contributed by atoms with Gasteiger partial charge in [0, 0.05) is 11.1 Å². The Kier molecular flexibility index (Phi) is 5.22. The van der Waals surface area contributed by atoms with Gasteiger partial charge in [-0.3, -0.25) is 4.79 Å². The van der Waals surface area contributed by atoms with Crippen molar-refractivity contribution < 1.29 is 23.8 Å². The molecule has 26 heavy (non-hydrogen) atoms. The molecule has 0 fully saturated rings. The van der Waals surface area contributed by atoms with Gasteiger partial charge in [0.05, 0.1) is 20.1 Å². The molecule has 1 aromatic heterocycles. The predicted octanol–water partition coefficient (Wildman–Crippen LogP) is 4.25. The molecule has 3 aromatic rings. The summed E-state index contributed by atoms with van der Waals surface area (Å²) in [4.78, 5) is 15.8. The molecule has 0 atom stereocenters. The number of benzene rings is 2. The normalized spacial score (nSPS) is 11.5. The number of fused-ring (bicyclic) bond motifs is 1. The SMILES string of the molecule is CCOc1cccc(/C=C(\CC(=O)O)c2nc3ccccc3o2)c1OC. The fourth-order valence-corrected chi connectivity index (χ4v) is 2.68. The molecular weight excluding hydrogens is 334 g/mol. The summed E-state index contributed by atoms with van der Waals surface area (Å²) in [7, 11) is 1.55. The Morgan fingerprint density at radius 2 is 2.04 bits per heavy atom. The van der Waals surface area contributed by atoms with Crippen LogP contribution in [-0.4, -0.2) is 29.8 Å². The number of carboxylic acids is 1. The van der Waals surface area contributed by atoms with Gasteiger partial charge in [0.1, 0.15) is 5.52 Å². The third-order valence-electron chi connectivity index (χ3n) is 3.75. The lowest BCUT2D eigenvalue weighted by Gasteiger charge is -2.12. The first kappa shape index (κ1) is 17.5. The number of ether oxygens (including phenoxy) is 2. The van der Waals surface area contributed by atoms with E-state index < -0.39 is 5.97 Å². The molecule has 0 bridgehead atoms. The van der Waals surface area contributed by atoms with Gasteiger partial charge in [-0.1, -0.05) is 24.3 Å². The van der Waals surface area contributed by atoms with Crippen molar-refractivity contribution in [3.8, 4) is 11.5 Å². The van der Waals surface area contributed by atoms with Crippen molar-refractivity contribution in [1.29, 1.82) is 0 Å². The quantitative estimate of drug-likeness (QED) is 0.684. The third kappa shape index (κ3) is 3.69. The zero-order valence-electron chi connectivity index (χ0n) is 14.6. The van der Waals surface area contributed by atoms with Gasteiger partial charge in [0.2, 0.25) is 5.89 Å². The van der Waals surface area contributed by atoms with Gasteiger partial charge in [-0.05, 0) is 31.2 Å². The zero-order chi connectivity index (χ0) is 18.5. The minimum atomic E-state index is -0.974. The minimum Gasteiger partial charge on any atom is -0.492 e. The molecule has 3 rings (SSSR count). The van der Waals surface area contributed by atoms with Gasteiger partial charge in [-0.15, -0.1) is 0 Å². The van der Waals surface area contributed by atoms with Gasteiger partial charge in [-0.2, -0.15) is 0 Å². The molecule has 0 aliphatic heterocycles. The highest BCUT2D eigenvalue weighted by Gasteiger charge is 2.16. The number of rotatable bonds is 7. The maximum Gasteiger partial charge on any atom is 0.308 e. The highest BCUT2D eigenvalue weighted by molar-refractivity contribution is 5.92. The molecule has 1 N–H and O–H groups in total. The van der Waals surface area contributed by atoms with Crippen molar-refractivity contribution in [2.75, 3.05) is 13.7 Å². The average molecular weight is 353 g/mol. The fraction of sp³-hybridized carbons (Fsp3) is 0.200. The number of para-hydroxylation sites is 3. The first-order chi connectivity index (χ1) is 12.6. The summed E-state index contributed by atoms with van der Waals surface area (Å²) in [5.74, 6) is 0.431. The fourth-order valence-electron chi connectivity index (χ4n) is 2.68. The molecule has 0 spiro atoms. The van der Waals surface area contributed by atoms with Crippen LogP contribution in [0, 0.1) is 0 Å². The van der Waals surface area contributed by atoms with E-state index in [1.807, 2.05) is 37.3 Å². The molecule has 0 saturated heterocycles. The van der Waals surface area contributed by atoms with E-state index in [9.17, 15) is 9.90 Å². The molecular formula is C20H19NO5. The number of nitrogens with zero attached hydrogens (tertiary/aromatic N) is 1. The summed E-state index contributed by atoms with van der Waals surface area (Å²) in [5, 5.41) is 9.30. The summed E-state index contributed by atoms with van der Waals surface area (Å²) in [6.45, 7) is 2.38. The van der Waals surface area contributed by atoms with E-state index in [0.717, 1.165) is 0 Å². The standard InChI is InChI=1S/C20H19NO5/c1-3-25-17-10-6-7-13(19(17)24-2)11-14(12-18(22)23)20-21-15-8-4-5-9-16(15)26-20/h4-11H,3,12H2,1-2H3,(H,22,23)/b14-11+. The summed E-state index contributed by atoms with van der Waals surface area (Å²) in [6.07, 6.45) is 1.48. The molecule has 134 valence electrons. The van der Waals surface area contributed by atoms with Crippen LogP contribution in [0.4, 0.5) is 0 Å². The Bertz CT molecular complexity index is 925. The van der Waals surface area contributed by atoms with Crippen LogP contribution in [0.25, 0.3) is 22.7 Å². The van der Waals surface area contributed by atoms with Crippen molar-refractivity contribution in [3.05, 3.63) is 53.9 Å². The molecule has 6 nitrogen and oxygen atoms in total. The maximum atomic E-state index is 11.3. The smallest absolute Gasteiger partial charge is 0.308 e. The van der Waals surface area contributed by atoms with Gasteiger partial charge < -0.3 is 19.0 Å². The second kappa shape index (κ2) is 7.74. The molecule has 0 radical (unpaired) electrons. The van der Waals surface area contributed by atoms with Gasteiger partial charge in [0.25, 0.3) is 0 Å². The molecule has 0 unspecified atom stereocenters. The number of oxazole rings is 1. The molecule has 0 aliphatic carbocycles. The second-order valence-electron chi connectivity index (χ2n) is 5.54. The highest BCUT2D eigenvalue weighted by Crippen LogP contribution is 2.34. The third-order valence-corrected chi connectivity index (χ3v) is 3.75. The lowest BCUT2D eigenvalue weighted by molar-refractivity contribution is -0.135. The summed E-state index contributed by atoms with van der Waals surface area (Å²) >= 11 is 0. The van der Waals surface area contributed by atoms with E-state index >= 15 is 0 Å². The Morgan fingerprint density at radius 1 is 1.23 bits per heavy atom. The maximum absolute atomic E-state index is 11.3. The van der Waals surface area contributed by atoms with Crippen molar-refractivity contribution in [3.63, 3.8) is 0 Å². The van der Waals surface area contributed by atoms with E-state index in [1.54, 1.807) is 25.3 Å². The first-order valence-corrected chi connectivity index (χ1v) is 8.20. The molecule has 1 heterocycles. The monoisotopic (exact) mass is 353 g/mol. The Labute approximate surface area is 150 Å². The van der Waals surface area contributed by atoms with Gasteiger partial charge >= 0.3 is 5.97 Å². The summed E-state index contributed by atoms with van der Waals surface area (Å²) in [6, 6.07) is 12.7. The number of hydrogen-bond donors (Lipinski definition) is 1. The van der Waals surface area contributed by atoms with Crippen molar-refractivity contribution in [1.82, 2.24) is 4.98 Å². The zero-order valence-corrected chi connectivity index (χ0v) is 14.6. The van der Waals surface area contributed by atoms with Crippen LogP contribution in [0.3, 0.4) is 0 Å². The van der Waals surface area contributed by atoms with E-state index in [-0.39, 0.29) is 12.3 Å². The van der Waals surface area contributed by atoms with Crippen LogP contribution in [0.1, 0.15) is 24.8 Å². The summed E-state index contributed by atoms with van der Waals surface area (Å²) in [5.41, 5.74) is 2.42.